The molecule has 2 heterocycles. The number of hydrogen-bond acceptors (Lipinski definition) is 7. The van der Waals surface area contributed by atoms with Gasteiger partial charge in [0, 0.05) is 11.8 Å². The first-order valence-electron chi connectivity index (χ1n) is 5.42. The number of anilines is 1. The number of aliphatic hydroxyl groups is 3. The molecule has 0 fully saturated rings. The molecule has 4 N–H and O–H groups in total. The minimum atomic E-state index is -1.22. The molecule has 0 radical (unpaired) electrons. The summed E-state index contributed by atoms with van der Waals surface area (Å²) in [7, 11) is 0. The van der Waals surface area contributed by atoms with E-state index in [1.807, 2.05) is 0 Å². The Morgan fingerprint density at radius 1 is 1.28 bits per heavy atom. The average Bonchev–Trinajstić information content (AvgIpc) is 2.84. The van der Waals surface area contributed by atoms with Gasteiger partial charge in [-0.15, -0.1) is 0 Å². The van der Waals surface area contributed by atoms with E-state index in [4.69, 9.17) is 0 Å². The van der Waals surface area contributed by atoms with E-state index in [1.54, 1.807) is 13.0 Å². The first kappa shape index (κ1) is 12.7. The molecular weight excluding hydrogens is 238 g/mol. The van der Waals surface area contributed by atoms with Crippen molar-refractivity contribution < 1.29 is 15.3 Å². The summed E-state index contributed by atoms with van der Waals surface area (Å²) in [6, 6.07) is 1.69. The van der Waals surface area contributed by atoms with Crippen molar-refractivity contribution in [1.29, 1.82) is 0 Å². The summed E-state index contributed by atoms with van der Waals surface area (Å²) in [6.45, 7) is 0.533. The third-order valence-corrected chi connectivity index (χ3v) is 2.68. The minimum absolute atomic E-state index is 0.403. The van der Waals surface area contributed by atoms with E-state index in [2.05, 4.69) is 20.4 Å². The monoisotopic (exact) mass is 253 g/mol. The molecule has 0 bridgehead atoms. The van der Waals surface area contributed by atoms with E-state index >= 15 is 0 Å². The number of aliphatic hydroxyl groups excluding tert-OH is 3. The van der Waals surface area contributed by atoms with Gasteiger partial charge in [0.2, 0.25) is 0 Å². The van der Waals surface area contributed by atoms with Crippen LogP contribution in [-0.2, 0) is 0 Å². The molecule has 98 valence electrons. The predicted octanol–water partition coefficient (Wildman–Crippen LogP) is -1.44. The highest BCUT2D eigenvalue weighted by Crippen LogP contribution is 2.16. The standard InChI is InChI=1S/C10H15N5O3/c1-7-2-8(14-10(3-16,4-17)5-18)15-9(13-7)11-6-12-15/h2,6,14,16-18H,3-5H2,1H3. The van der Waals surface area contributed by atoms with Gasteiger partial charge in [0.05, 0.1) is 19.8 Å². The molecule has 2 rings (SSSR count). The van der Waals surface area contributed by atoms with Crippen LogP contribution in [0.15, 0.2) is 12.4 Å². The maximum absolute atomic E-state index is 9.29. The molecule has 0 spiro atoms. The highest BCUT2D eigenvalue weighted by Gasteiger charge is 2.28. The second-order valence-electron chi connectivity index (χ2n) is 4.13. The number of rotatable bonds is 5. The van der Waals surface area contributed by atoms with Crippen molar-refractivity contribution in [3.63, 3.8) is 0 Å². The fourth-order valence-corrected chi connectivity index (χ4v) is 1.56. The van der Waals surface area contributed by atoms with Crippen molar-refractivity contribution in [3.05, 3.63) is 18.1 Å². The van der Waals surface area contributed by atoms with Crippen LogP contribution in [-0.4, -0.2) is 60.3 Å². The summed E-state index contributed by atoms with van der Waals surface area (Å²) in [6.07, 6.45) is 1.35. The number of aryl methyl sites for hydroxylation is 1. The number of nitrogens with one attached hydrogen (secondary N) is 1. The lowest BCUT2D eigenvalue weighted by Crippen LogP contribution is -2.49. The number of aromatic nitrogens is 4. The van der Waals surface area contributed by atoms with Gasteiger partial charge in [-0.3, -0.25) is 0 Å². The molecular formula is C10H15N5O3. The summed E-state index contributed by atoms with van der Waals surface area (Å²) >= 11 is 0. The molecule has 8 nitrogen and oxygen atoms in total. The number of hydrogen-bond donors (Lipinski definition) is 4. The van der Waals surface area contributed by atoms with Crippen molar-refractivity contribution in [2.24, 2.45) is 0 Å². The Kier molecular flexibility index (Phi) is 3.41. The zero-order chi connectivity index (χ0) is 13.2. The fraction of sp³-hybridized carbons (Fsp3) is 0.500. The van der Waals surface area contributed by atoms with E-state index in [0.717, 1.165) is 0 Å². The lowest BCUT2D eigenvalue weighted by molar-refractivity contribution is 0.0829. The lowest BCUT2D eigenvalue weighted by Gasteiger charge is -2.29. The van der Waals surface area contributed by atoms with E-state index in [0.29, 0.717) is 17.3 Å². The third kappa shape index (κ3) is 2.13. The quantitative estimate of drug-likeness (QED) is 0.515. The molecule has 0 atom stereocenters. The zero-order valence-electron chi connectivity index (χ0n) is 9.91. The summed E-state index contributed by atoms with van der Waals surface area (Å²) in [5, 5.41) is 34.7. The van der Waals surface area contributed by atoms with Crippen LogP contribution >= 0.6 is 0 Å². The fourth-order valence-electron chi connectivity index (χ4n) is 1.56. The molecule has 8 heteroatoms. The highest BCUT2D eigenvalue weighted by molar-refractivity contribution is 5.46. The second kappa shape index (κ2) is 4.84. The molecule has 0 aromatic carbocycles. The van der Waals surface area contributed by atoms with Crippen LogP contribution in [0.2, 0.25) is 0 Å². The Morgan fingerprint density at radius 2 is 1.94 bits per heavy atom. The van der Waals surface area contributed by atoms with E-state index in [9.17, 15) is 15.3 Å². The van der Waals surface area contributed by atoms with Crippen LogP contribution in [0, 0.1) is 6.92 Å². The maximum atomic E-state index is 9.29. The molecule has 0 amide bonds. The smallest absolute Gasteiger partial charge is 0.254 e. The SMILES string of the molecule is Cc1cc(NC(CO)(CO)CO)n2ncnc2n1. The summed E-state index contributed by atoms with van der Waals surface area (Å²) in [5.41, 5.74) is -0.507. The largest absolute Gasteiger partial charge is 0.394 e. The van der Waals surface area contributed by atoms with Crippen LogP contribution in [0.5, 0.6) is 0 Å². The third-order valence-electron chi connectivity index (χ3n) is 2.68. The van der Waals surface area contributed by atoms with Gasteiger partial charge in [-0.1, -0.05) is 0 Å². The van der Waals surface area contributed by atoms with Gasteiger partial charge in [0.1, 0.15) is 17.7 Å². The number of nitrogens with zero attached hydrogens (tertiary/aromatic N) is 4. The Labute approximate surface area is 103 Å². The minimum Gasteiger partial charge on any atom is -0.394 e. The molecule has 0 saturated heterocycles. The molecule has 18 heavy (non-hydrogen) atoms. The van der Waals surface area contributed by atoms with E-state index < -0.39 is 25.4 Å². The summed E-state index contributed by atoms with van der Waals surface area (Å²) in [4.78, 5) is 8.13. The van der Waals surface area contributed by atoms with Gasteiger partial charge < -0.3 is 20.6 Å². The normalized spacial score (nSPS) is 12.0. The van der Waals surface area contributed by atoms with Gasteiger partial charge in [-0.05, 0) is 6.92 Å². The average molecular weight is 253 g/mol. The summed E-state index contributed by atoms with van der Waals surface area (Å²) < 4.78 is 1.43. The predicted molar refractivity (Wildman–Crippen MR) is 63.1 cm³/mol. The van der Waals surface area contributed by atoms with Crippen molar-refractivity contribution in [2.45, 2.75) is 12.5 Å². The van der Waals surface area contributed by atoms with Gasteiger partial charge in [0.25, 0.3) is 5.78 Å². The topological polar surface area (TPSA) is 116 Å². The van der Waals surface area contributed by atoms with Gasteiger partial charge in [-0.2, -0.15) is 14.6 Å². The molecule has 0 saturated carbocycles. The highest BCUT2D eigenvalue weighted by atomic mass is 16.3. The van der Waals surface area contributed by atoms with Gasteiger partial charge >= 0.3 is 0 Å². The van der Waals surface area contributed by atoms with Crippen LogP contribution < -0.4 is 5.32 Å². The first-order valence-corrected chi connectivity index (χ1v) is 5.42. The van der Waals surface area contributed by atoms with Gasteiger partial charge in [-0.25, -0.2) is 4.98 Å². The molecule has 0 unspecified atom stereocenters. The van der Waals surface area contributed by atoms with E-state index in [-0.39, 0.29) is 0 Å². The van der Waals surface area contributed by atoms with Crippen molar-refractivity contribution in [1.82, 2.24) is 19.6 Å². The Morgan fingerprint density at radius 3 is 2.56 bits per heavy atom. The van der Waals surface area contributed by atoms with Crippen molar-refractivity contribution >= 4 is 11.6 Å². The summed E-state index contributed by atoms with van der Waals surface area (Å²) in [5.74, 6) is 0.896. The van der Waals surface area contributed by atoms with E-state index in [1.165, 1.54) is 10.8 Å². The molecule has 0 aliphatic heterocycles. The Hall–Kier alpha value is -1.77. The van der Waals surface area contributed by atoms with Crippen LogP contribution in [0.3, 0.4) is 0 Å². The zero-order valence-corrected chi connectivity index (χ0v) is 9.91. The van der Waals surface area contributed by atoms with Gasteiger partial charge in [0.15, 0.2) is 0 Å². The van der Waals surface area contributed by atoms with Crippen LogP contribution in [0.4, 0.5) is 5.82 Å². The van der Waals surface area contributed by atoms with Crippen LogP contribution in [0.25, 0.3) is 5.78 Å². The Balaban J connectivity index is 2.44. The van der Waals surface area contributed by atoms with Crippen LogP contribution in [0.1, 0.15) is 5.69 Å². The van der Waals surface area contributed by atoms with Crippen molar-refractivity contribution in [2.75, 3.05) is 25.1 Å². The maximum Gasteiger partial charge on any atom is 0.254 e. The lowest BCUT2D eigenvalue weighted by atomic mass is 10.0. The second-order valence-corrected chi connectivity index (χ2v) is 4.13. The van der Waals surface area contributed by atoms with Crippen molar-refractivity contribution in [3.8, 4) is 0 Å². The molecule has 2 aromatic rings. The Bertz CT molecular complexity index is 529. The first-order chi connectivity index (χ1) is 8.64. The molecule has 2 aromatic heterocycles. The number of fused-ring (bicyclic) bond motifs is 1. The molecule has 0 aliphatic rings. The molecule has 0 aliphatic carbocycles.